The third kappa shape index (κ3) is 22.9. The van der Waals surface area contributed by atoms with Crippen molar-refractivity contribution in [1.29, 1.82) is 0 Å². The lowest BCUT2D eigenvalue weighted by Gasteiger charge is -2.08. The second kappa shape index (κ2) is 19.7. The average Bonchev–Trinajstić information content (AvgIpc) is 2.35. The summed E-state index contributed by atoms with van der Waals surface area (Å²) >= 11 is 0. The monoisotopic (exact) mass is 286 g/mol. The number of nitrogens with one attached hydrogen (secondary N) is 2. The van der Waals surface area contributed by atoms with E-state index in [0.717, 1.165) is 0 Å². The fourth-order valence-corrected chi connectivity index (χ4v) is 1.54. The third-order valence-corrected chi connectivity index (χ3v) is 2.55. The van der Waals surface area contributed by atoms with Gasteiger partial charge >= 0.3 is 0 Å². The number of hydrogen-bond donors (Lipinski definition) is 2. The molecule has 112 valence electrons. The Morgan fingerprint density at radius 3 is 1.37 bits per heavy atom. The van der Waals surface area contributed by atoms with Gasteiger partial charge in [0.15, 0.2) is 0 Å². The summed E-state index contributed by atoms with van der Waals surface area (Å²) in [5.74, 6) is 5.09. The third-order valence-electron chi connectivity index (χ3n) is 2.55. The summed E-state index contributed by atoms with van der Waals surface area (Å²) in [7, 11) is 0. The minimum absolute atomic E-state index is 0. The Kier molecular flexibility index (Phi) is 24.2. The van der Waals surface area contributed by atoms with E-state index < -0.39 is 0 Å². The summed E-state index contributed by atoms with van der Waals surface area (Å²) in [6.45, 7) is 10.0. The lowest BCUT2D eigenvalue weighted by atomic mass is 10.2. The van der Waals surface area contributed by atoms with E-state index in [2.05, 4.69) is 50.2 Å². The van der Waals surface area contributed by atoms with Crippen molar-refractivity contribution in [2.24, 2.45) is 0 Å². The smallest absolute Gasteiger partial charge is 0.0575 e. The predicted octanol–water partition coefficient (Wildman–Crippen LogP) is 3.22. The Labute approximate surface area is 126 Å². The molecular weight excluding hydrogens is 256 g/mol. The Morgan fingerprint density at radius 2 is 1.16 bits per heavy atom. The van der Waals surface area contributed by atoms with Gasteiger partial charge in [-0.15, -0.1) is 25.3 Å². The van der Waals surface area contributed by atoms with E-state index in [9.17, 15) is 0 Å². The van der Waals surface area contributed by atoms with E-state index in [-0.39, 0.29) is 12.4 Å². The molecule has 0 saturated heterocycles. The van der Waals surface area contributed by atoms with Crippen molar-refractivity contribution in [1.82, 2.24) is 10.6 Å². The molecule has 0 amide bonds. The number of rotatable bonds is 8. The van der Waals surface area contributed by atoms with Gasteiger partial charge in [-0.25, -0.2) is 0 Å². The van der Waals surface area contributed by atoms with Crippen LogP contribution < -0.4 is 10.6 Å². The predicted molar refractivity (Wildman–Crippen MR) is 89.7 cm³/mol. The minimum Gasteiger partial charge on any atom is -0.304 e. The maximum Gasteiger partial charge on any atom is 0.0575 e. The molecule has 0 bridgehead atoms. The Bertz CT molecular complexity index is 214. The first-order valence-electron chi connectivity index (χ1n) is 6.95. The molecular formula is C16H31ClN2. The zero-order chi connectivity index (χ0) is 14.2. The first-order valence-corrected chi connectivity index (χ1v) is 6.95. The molecule has 3 heteroatoms. The average molecular weight is 287 g/mol. The van der Waals surface area contributed by atoms with Crippen LogP contribution in [-0.2, 0) is 0 Å². The van der Waals surface area contributed by atoms with Crippen LogP contribution in [0.1, 0.15) is 53.4 Å². The summed E-state index contributed by atoms with van der Waals surface area (Å²) in [4.78, 5) is 0. The van der Waals surface area contributed by atoms with Crippen molar-refractivity contribution in [3.05, 3.63) is 0 Å². The molecule has 0 radical (unpaired) electrons. The highest BCUT2D eigenvalue weighted by molar-refractivity contribution is 5.85. The Hall–Kier alpha value is -0.670. The van der Waals surface area contributed by atoms with Crippen LogP contribution in [0.25, 0.3) is 0 Å². The van der Waals surface area contributed by atoms with E-state index in [1.807, 2.05) is 0 Å². The lowest BCUT2D eigenvalue weighted by Crippen LogP contribution is -2.25. The highest BCUT2D eigenvalue weighted by atomic mass is 35.5. The molecule has 0 aliphatic carbocycles. The van der Waals surface area contributed by atoms with E-state index in [0.29, 0.717) is 25.2 Å². The normalized spacial score (nSPS) is 11.9. The summed E-state index contributed by atoms with van der Waals surface area (Å²) in [5, 5.41) is 6.39. The van der Waals surface area contributed by atoms with Crippen LogP contribution in [-0.4, -0.2) is 25.2 Å². The van der Waals surface area contributed by atoms with Gasteiger partial charge in [0, 0.05) is 12.1 Å². The van der Waals surface area contributed by atoms with E-state index >= 15 is 0 Å². The van der Waals surface area contributed by atoms with Crippen molar-refractivity contribution in [2.45, 2.75) is 65.5 Å². The van der Waals surface area contributed by atoms with Crippen molar-refractivity contribution < 1.29 is 0 Å². The number of hydrogen-bond acceptors (Lipinski definition) is 2. The van der Waals surface area contributed by atoms with Gasteiger partial charge in [-0.05, 0) is 26.7 Å². The SMILES string of the molecule is C#CCN[C@H](C)CCC.C#CCN[C@H](C)CCC.Cl. The zero-order valence-electron chi connectivity index (χ0n) is 13.0. The van der Waals surface area contributed by atoms with Crippen LogP contribution in [0.3, 0.4) is 0 Å². The second-order valence-electron chi connectivity index (χ2n) is 4.55. The molecule has 2 atom stereocenters. The molecule has 0 saturated carbocycles. The fourth-order valence-electron chi connectivity index (χ4n) is 1.54. The molecule has 19 heavy (non-hydrogen) atoms. The second-order valence-corrected chi connectivity index (χ2v) is 4.55. The van der Waals surface area contributed by atoms with Gasteiger partial charge in [-0.3, -0.25) is 0 Å². The van der Waals surface area contributed by atoms with Gasteiger partial charge in [0.25, 0.3) is 0 Å². The molecule has 0 fully saturated rings. The van der Waals surface area contributed by atoms with Crippen LogP contribution in [0, 0.1) is 24.7 Å². The minimum atomic E-state index is 0. The topological polar surface area (TPSA) is 24.1 Å². The van der Waals surface area contributed by atoms with Crippen molar-refractivity contribution in [3.8, 4) is 24.7 Å². The van der Waals surface area contributed by atoms with Gasteiger partial charge in [0.1, 0.15) is 0 Å². The molecule has 0 aliphatic rings. The standard InChI is InChI=1S/2C8H15N.ClH/c2*1-4-6-8(3)9-7-5-2;/h2*2,8-9H,4,6-7H2,1,3H3;1H/t2*8-;/m11./s1. The molecule has 0 aromatic heterocycles. The molecule has 0 unspecified atom stereocenters. The molecule has 2 nitrogen and oxygen atoms in total. The number of terminal acetylenes is 2. The Morgan fingerprint density at radius 1 is 0.842 bits per heavy atom. The van der Waals surface area contributed by atoms with Gasteiger partial charge in [-0.1, -0.05) is 38.5 Å². The largest absolute Gasteiger partial charge is 0.304 e. The summed E-state index contributed by atoms with van der Waals surface area (Å²) in [6.07, 6.45) is 15.0. The molecule has 0 heterocycles. The summed E-state index contributed by atoms with van der Waals surface area (Å²) < 4.78 is 0. The highest BCUT2D eigenvalue weighted by Crippen LogP contribution is 1.93. The summed E-state index contributed by atoms with van der Waals surface area (Å²) in [6, 6.07) is 1.15. The summed E-state index contributed by atoms with van der Waals surface area (Å²) in [5.41, 5.74) is 0. The quantitative estimate of drug-likeness (QED) is 0.670. The van der Waals surface area contributed by atoms with E-state index in [4.69, 9.17) is 12.8 Å². The van der Waals surface area contributed by atoms with Gasteiger partial charge in [-0.2, -0.15) is 0 Å². The fraction of sp³-hybridized carbons (Fsp3) is 0.750. The molecule has 0 spiro atoms. The van der Waals surface area contributed by atoms with Crippen molar-refractivity contribution >= 4 is 12.4 Å². The molecule has 0 rings (SSSR count). The van der Waals surface area contributed by atoms with Crippen LogP contribution >= 0.6 is 12.4 Å². The van der Waals surface area contributed by atoms with Crippen LogP contribution in [0.5, 0.6) is 0 Å². The zero-order valence-corrected chi connectivity index (χ0v) is 13.8. The van der Waals surface area contributed by atoms with E-state index in [1.165, 1.54) is 25.7 Å². The van der Waals surface area contributed by atoms with Crippen molar-refractivity contribution in [2.75, 3.05) is 13.1 Å². The maximum absolute atomic E-state index is 5.06. The molecule has 0 aliphatic heterocycles. The van der Waals surface area contributed by atoms with Crippen LogP contribution in [0.2, 0.25) is 0 Å². The van der Waals surface area contributed by atoms with Gasteiger partial charge in [0.05, 0.1) is 13.1 Å². The molecule has 2 N–H and O–H groups in total. The number of halogens is 1. The van der Waals surface area contributed by atoms with Gasteiger partial charge in [0.2, 0.25) is 0 Å². The first kappa shape index (κ1) is 23.4. The van der Waals surface area contributed by atoms with Crippen LogP contribution in [0.15, 0.2) is 0 Å². The first-order chi connectivity index (χ1) is 8.62. The van der Waals surface area contributed by atoms with Crippen LogP contribution in [0.4, 0.5) is 0 Å². The van der Waals surface area contributed by atoms with E-state index in [1.54, 1.807) is 0 Å². The molecule has 0 aromatic rings. The van der Waals surface area contributed by atoms with Gasteiger partial charge < -0.3 is 10.6 Å². The Balaban J connectivity index is -0.000000256. The van der Waals surface area contributed by atoms with Crippen molar-refractivity contribution in [3.63, 3.8) is 0 Å². The lowest BCUT2D eigenvalue weighted by molar-refractivity contribution is 0.539. The molecule has 0 aromatic carbocycles. The maximum atomic E-state index is 5.06. The highest BCUT2D eigenvalue weighted by Gasteiger charge is 1.95.